The summed E-state index contributed by atoms with van der Waals surface area (Å²) in [5, 5.41) is 0.619. The van der Waals surface area contributed by atoms with E-state index in [2.05, 4.69) is 14.9 Å². The Balaban J connectivity index is 1.76. The highest BCUT2D eigenvalue weighted by molar-refractivity contribution is 6.31. The number of hydrogen-bond acceptors (Lipinski definition) is 7. The minimum absolute atomic E-state index is 0.102. The second-order valence-corrected chi connectivity index (χ2v) is 6.79. The Morgan fingerprint density at radius 2 is 1.88 bits per heavy atom. The summed E-state index contributed by atoms with van der Waals surface area (Å²) in [6.07, 6.45) is 0.891. The number of ether oxygens (including phenoxy) is 3. The maximum atomic E-state index is 6.59. The summed E-state index contributed by atoms with van der Waals surface area (Å²) in [7, 11) is 0. The first-order chi connectivity index (χ1) is 12.6. The monoisotopic (exact) mass is 376 g/mol. The van der Waals surface area contributed by atoms with E-state index in [4.69, 9.17) is 31.5 Å². The summed E-state index contributed by atoms with van der Waals surface area (Å²) in [5.41, 5.74) is 7.62. The zero-order chi connectivity index (χ0) is 18.1. The first kappa shape index (κ1) is 17.2. The van der Waals surface area contributed by atoms with E-state index >= 15 is 0 Å². The van der Waals surface area contributed by atoms with Crippen molar-refractivity contribution >= 4 is 23.4 Å². The third kappa shape index (κ3) is 3.37. The lowest BCUT2D eigenvalue weighted by Crippen LogP contribution is -2.32. The van der Waals surface area contributed by atoms with Gasteiger partial charge in [-0.05, 0) is 25.0 Å². The van der Waals surface area contributed by atoms with Gasteiger partial charge in [0.05, 0.1) is 12.6 Å². The van der Waals surface area contributed by atoms with E-state index in [0.29, 0.717) is 42.9 Å². The van der Waals surface area contributed by atoms with Gasteiger partial charge in [-0.3, -0.25) is 0 Å². The van der Waals surface area contributed by atoms with Gasteiger partial charge in [-0.1, -0.05) is 11.6 Å². The molecule has 0 spiro atoms. The molecule has 0 amide bonds. The minimum Gasteiger partial charge on any atom is -0.486 e. The Kier molecular flexibility index (Phi) is 4.74. The van der Waals surface area contributed by atoms with Crippen LogP contribution in [0, 0.1) is 6.92 Å². The number of halogens is 1. The van der Waals surface area contributed by atoms with Gasteiger partial charge in [0, 0.05) is 36.0 Å². The van der Waals surface area contributed by atoms with E-state index in [0.717, 1.165) is 30.0 Å². The molecule has 0 saturated carbocycles. The number of aryl methyl sites for hydroxylation is 1. The van der Waals surface area contributed by atoms with Crippen LogP contribution in [0.3, 0.4) is 0 Å². The van der Waals surface area contributed by atoms with Crippen molar-refractivity contribution in [3.8, 4) is 11.5 Å². The summed E-state index contributed by atoms with van der Waals surface area (Å²) < 4.78 is 17.2. The maximum Gasteiger partial charge on any atom is 0.222 e. The second-order valence-electron chi connectivity index (χ2n) is 6.38. The fourth-order valence-electron chi connectivity index (χ4n) is 3.37. The van der Waals surface area contributed by atoms with Gasteiger partial charge >= 0.3 is 0 Å². The molecule has 26 heavy (non-hydrogen) atoms. The molecule has 2 aromatic rings. The molecule has 7 nitrogen and oxygen atoms in total. The molecule has 2 aliphatic rings. The molecule has 0 unspecified atom stereocenters. The molecule has 0 bridgehead atoms. The van der Waals surface area contributed by atoms with Crippen LogP contribution in [0.2, 0.25) is 5.02 Å². The number of nitrogen functional groups attached to an aromatic ring is 1. The van der Waals surface area contributed by atoms with Gasteiger partial charge in [-0.2, -0.15) is 4.98 Å². The number of fused-ring (bicyclic) bond motifs is 1. The smallest absolute Gasteiger partial charge is 0.222 e. The third-order valence-electron chi connectivity index (χ3n) is 4.51. The summed E-state index contributed by atoms with van der Waals surface area (Å²) in [6, 6.07) is 5.59. The van der Waals surface area contributed by atoms with Crippen molar-refractivity contribution in [2.75, 3.05) is 43.6 Å². The zero-order valence-corrected chi connectivity index (χ0v) is 15.3. The summed E-state index contributed by atoms with van der Waals surface area (Å²) in [5.74, 6) is 2.42. The van der Waals surface area contributed by atoms with Crippen molar-refractivity contribution in [1.82, 2.24) is 9.97 Å². The van der Waals surface area contributed by atoms with Crippen LogP contribution in [0.1, 0.15) is 23.7 Å². The number of hydrogen-bond donors (Lipinski definition) is 1. The van der Waals surface area contributed by atoms with Crippen LogP contribution < -0.4 is 20.1 Å². The number of anilines is 2. The lowest BCUT2D eigenvalue weighted by atomic mass is 10.0. The van der Waals surface area contributed by atoms with E-state index < -0.39 is 0 Å². The number of rotatable bonds is 2. The van der Waals surface area contributed by atoms with Crippen molar-refractivity contribution in [2.24, 2.45) is 0 Å². The van der Waals surface area contributed by atoms with E-state index in [-0.39, 0.29) is 12.0 Å². The van der Waals surface area contributed by atoms with E-state index in [1.54, 1.807) is 0 Å². The lowest BCUT2D eigenvalue weighted by molar-refractivity contribution is 0.134. The van der Waals surface area contributed by atoms with Crippen molar-refractivity contribution in [3.63, 3.8) is 0 Å². The Hall–Kier alpha value is -2.25. The third-order valence-corrected chi connectivity index (χ3v) is 4.84. The summed E-state index contributed by atoms with van der Waals surface area (Å²) in [4.78, 5) is 10.8. The molecule has 3 heterocycles. The molecule has 138 valence electrons. The topological polar surface area (TPSA) is 82.7 Å². The van der Waals surface area contributed by atoms with Crippen LogP contribution in [0.5, 0.6) is 11.5 Å². The Labute approximate surface area is 157 Å². The van der Waals surface area contributed by atoms with E-state index in [1.807, 2.05) is 25.1 Å². The van der Waals surface area contributed by atoms with Crippen molar-refractivity contribution in [2.45, 2.75) is 19.4 Å². The summed E-state index contributed by atoms with van der Waals surface area (Å²) >= 11 is 6.59. The van der Waals surface area contributed by atoms with Gasteiger partial charge in [-0.15, -0.1) is 0 Å². The normalized spacial score (nSPS) is 19.9. The van der Waals surface area contributed by atoms with Crippen LogP contribution in [0.15, 0.2) is 18.2 Å². The highest BCUT2D eigenvalue weighted by Gasteiger charge is 2.29. The largest absolute Gasteiger partial charge is 0.486 e. The number of aromatic nitrogens is 2. The van der Waals surface area contributed by atoms with Gasteiger partial charge in [0.15, 0.2) is 11.5 Å². The average molecular weight is 377 g/mol. The van der Waals surface area contributed by atoms with Gasteiger partial charge in [-0.25, -0.2) is 4.98 Å². The molecule has 1 atom stereocenters. The lowest BCUT2D eigenvalue weighted by Gasteiger charge is -2.32. The van der Waals surface area contributed by atoms with Gasteiger partial charge in [0.25, 0.3) is 0 Å². The fraction of sp³-hybridized carbons (Fsp3) is 0.444. The molecule has 1 aromatic heterocycles. The van der Waals surface area contributed by atoms with Gasteiger partial charge in [0.1, 0.15) is 19.0 Å². The molecule has 0 radical (unpaired) electrons. The molecule has 0 aliphatic carbocycles. The Morgan fingerprint density at radius 3 is 2.65 bits per heavy atom. The first-order valence-electron chi connectivity index (χ1n) is 8.66. The standard InChI is InChI=1S/C18H21ClN4O3/c1-11-7-17(22-18(20)21-11)23-3-2-4-24-10-14(23)12-8-15-16(9-13(12)19)26-6-5-25-15/h7-9,14H,2-6,10H2,1H3,(H2,20,21,22)/t14-/m1/s1. The van der Waals surface area contributed by atoms with Crippen LogP contribution in [-0.2, 0) is 4.74 Å². The number of benzene rings is 1. The second kappa shape index (κ2) is 7.17. The van der Waals surface area contributed by atoms with Crippen LogP contribution in [-0.4, -0.2) is 42.9 Å². The van der Waals surface area contributed by atoms with Crippen LogP contribution in [0.4, 0.5) is 11.8 Å². The summed E-state index contributed by atoms with van der Waals surface area (Å²) in [6.45, 7) is 4.94. The predicted molar refractivity (Wildman–Crippen MR) is 99.1 cm³/mol. The van der Waals surface area contributed by atoms with Crippen molar-refractivity contribution in [3.05, 3.63) is 34.5 Å². The number of nitrogens with zero attached hydrogens (tertiary/aromatic N) is 3. The fourth-order valence-corrected chi connectivity index (χ4v) is 3.65. The van der Waals surface area contributed by atoms with E-state index in [9.17, 15) is 0 Å². The molecule has 8 heteroatoms. The molecule has 1 saturated heterocycles. The Morgan fingerprint density at radius 1 is 1.12 bits per heavy atom. The number of nitrogens with two attached hydrogens (primary N) is 1. The van der Waals surface area contributed by atoms with Crippen molar-refractivity contribution < 1.29 is 14.2 Å². The quantitative estimate of drug-likeness (QED) is 0.862. The SMILES string of the molecule is Cc1cc(N2CCCOC[C@@H]2c2cc3c(cc2Cl)OCCO3)nc(N)n1. The van der Waals surface area contributed by atoms with Crippen LogP contribution in [0.25, 0.3) is 0 Å². The molecule has 2 N–H and O–H groups in total. The average Bonchev–Trinajstić information content (AvgIpc) is 2.86. The molecule has 1 fully saturated rings. The molecule has 1 aromatic carbocycles. The maximum absolute atomic E-state index is 6.59. The van der Waals surface area contributed by atoms with Crippen molar-refractivity contribution in [1.29, 1.82) is 0 Å². The molecule has 4 rings (SSSR count). The molecular weight excluding hydrogens is 356 g/mol. The minimum atomic E-state index is -0.102. The van der Waals surface area contributed by atoms with Gasteiger partial charge < -0.3 is 24.8 Å². The van der Waals surface area contributed by atoms with Gasteiger partial charge in [0.2, 0.25) is 5.95 Å². The van der Waals surface area contributed by atoms with E-state index in [1.165, 1.54) is 0 Å². The molecule has 2 aliphatic heterocycles. The highest BCUT2D eigenvalue weighted by atomic mass is 35.5. The zero-order valence-electron chi connectivity index (χ0n) is 14.6. The first-order valence-corrected chi connectivity index (χ1v) is 9.04. The van der Waals surface area contributed by atoms with Crippen LogP contribution >= 0.6 is 11.6 Å². The predicted octanol–water partition coefficient (Wildman–Crippen LogP) is 2.76. The Bertz CT molecular complexity index is 797. The highest BCUT2D eigenvalue weighted by Crippen LogP contribution is 2.40. The molecular formula is C18H21ClN4O3.